The van der Waals surface area contributed by atoms with Gasteiger partial charge in [-0.3, -0.25) is 4.79 Å². The van der Waals surface area contributed by atoms with Gasteiger partial charge in [-0.15, -0.1) is 0 Å². The Kier molecular flexibility index (Phi) is 7.19. The van der Waals surface area contributed by atoms with Crippen LogP contribution in [0.25, 0.3) is 11.1 Å². The van der Waals surface area contributed by atoms with Crippen LogP contribution in [0.1, 0.15) is 34.6 Å². The Bertz CT molecular complexity index is 1580. The fourth-order valence-corrected chi connectivity index (χ4v) is 5.81. The number of carboxylic acid groups (broad SMARTS) is 1. The summed E-state index contributed by atoms with van der Waals surface area (Å²) >= 11 is 0. The van der Waals surface area contributed by atoms with Crippen LogP contribution in [0.15, 0.2) is 42.7 Å². The molecule has 1 saturated carbocycles. The molecule has 1 N–H and O–H groups in total. The highest BCUT2D eigenvalue weighted by molar-refractivity contribution is 7.90. The lowest BCUT2D eigenvalue weighted by Gasteiger charge is -2.16. The molecule has 0 spiro atoms. The largest absolute Gasteiger partial charge is 0.481 e. The smallest absolute Gasteiger partial charge is 0.417 e. The fraction of sp³-hybridized carbons (Fsp3) is 0.370. The van der Waals surface area contributed by atoms with Gasteiger partial charge in [-0.25, -0.2) is 22.8 Å². The van der Waals surface area contributed by atoms with Gasteiger partial charge in [0.2, 0.25) is 11.8 Å². The zero-order chi connectivity index (χ0) is 28.8. The van der Waals surface area contributed by atoms with Gasteiger partial charge in [0.1, 0.15) is 22.3 Å². The Balaban J connectivity index is 1.31. The molecule has 0 radical (unpaired) electrons. The molecule has 5 rings (SSSR count). The molecule has 8 nitrogen and oxygen atoms in total. The number of nitrogens with zero attached hydrogens (tertiary/aromatic N) is 2. The molecule has 0 aliphatic heterocycles. The van der Waals surface area contributed by atoms with Gasteiger partial charge < -0.3 is 14.6 Å². The van der Waals surface area contributed by atoms with Crippen LogP contribution in [-0.4, -0.2) is 48.1 Å². The molecule has 13 heteroatoms. The van der Waals surface area contributed by atoms with Gasteiger partial charge in [0.05, 0.1) is 23.8 Å². The third-order valence-electron chi connectivity index (χ3n) is 7.09. The quantitative estimate of drug-likeness (QED) is 0.272. The number of pyridine rings is 2. The number of benzene rings is 1. The van der Waals surface area contributed by atoms with E-state index in [1.54, 1.807) is 12.3 Å². The number of ether oxygens (including phenoxy) is 2. The molecular formula is C27H24F4N2O6S. The normalized spacial score (nSPS) is 19.6. The molecule has 0 saturated heterocycles. The molecular weight excluding hydrogens is 556 g/mol. The molecule has 0 bridgehead atoms. The molecule has 1 unspecified atom stereocenters. The maximum Gasteiger partial charge on any atom is 0.417 e. The number of carbonyl (C=O) groups is 1. The second kappa shape index (κ2) is 10.3. The van der Waals surface area contributed by atoms with E-state index in [0.717, 1.165) is 35.7 Å². The van der Waals surface area contributed by atoms with Gasteiger partial charge >= 0.3 is 12.1 Å². The summed E-state index contributed by atoms with van der Waals surface area (Å²) in [7, 11) is -3.24. The summed E-state index contributed by atoms with van der Waals surface area (Å²) in [4.78, 5) is 19.4. The molecule has 3 aromatic rings. The molecule has 40 heavy (non-hydrogen) atoms. The van der Waals surface area contributed by atoms with Crippen molar-refractivity contribution in [3.8, 4) is 22.9 Å². The summed E-state index contributed by atoms with van der Waals surface area (Å²) in [5.41, 5.74) is 0.518. The monoisotopic (exact) mass is 580 g/mol. The number of aromatic nitrogens is 2. The number of aliphatic carboxylic acids is 1. The lowest BCUT2D eigenvalue weighted by molar-refractivity contribution is -0.139. The van der Waals surface area contributed by atoms with E-state index in [9.17, 15) is 35.9 Å². The highest BCUT2D eigenvalue weighted by Crippen LogP contribution is 2.61. The molecule has 2 aliphatic carbocycles. The number of hydrogen-bond donors (Lipinski definition) is 1. The highest BCUT2D eigenvalue weighted by atomic mass is 32.2. The van der Waals surface area contributed by atoms with Gasteiger partial charge in [0.25, 0.3) is 0 Å². The first-order valence-corrected chi connectivity index (χ1v) is 14.4. The summed E-state index contributed by atoms with van der Waals surface area (Å²) in [6.07, 6.45) is -0.505. The van der Waals surface area contributed by atoms with Crippen molar-refractivity contribution in [3.63, 3.8) is 0 Å². The van der Waals surface area contributed by atoms with Gasteiger partial charge in [0, 0.05) is 47.8 Å². The van der Waals surface area contributed by atoms with Crippen molar-refractivity contribution in [1.82, 2.24) is 9.97 Å². The topological polar surface area (TPSA) is 116 Å². The molecule has 212 valence electrons. The maximum absolute atomic E-state index is 14.6. The summed E-state index contributed by atoms with van der Waals surface area (Å²) in [6, 6.07) is 5.90. The first kappa shape index (κ1) is 27.8. The third kappa shape index (κ3) is 5.88. The predicted molar refractivity (Wildman–Crippen MR) is 134 cm³/mol. The van der Waals surface area contributed by atoms with Crippen molar-refractivity contribution in [2.45, 2.75) is 31.5 Å². The Morgan fingerprint density at radius 2 is 1.82 bits per heavy atom. The van der Waals surface area contributed by atoms with Crippen molar-refractivity contribution in [1.29, 1.82) is 0 Å². The van der Waals surface area contributed by atoms with Crippen LogP contribution in [0, 0.1) is 17.7 Å². The van der Waals surface area contributed by atoms with Crippen molar-refractivity contribution < 1.29 is 45.4 Å². The average molecular weight is 581 g/mol. The molecule has 0 amide bonds. The van der Waals surface area contributed by atoms with Crippen molar-refractivity contribution in [2.24, 2.45) is 11.8 Å². The predicted octanol–water partition coefficient (Wildman–Crippen LogP) is 4.66. The van der Waals surface area contributed by atoms with Crippen LogP contribution in [-0.2, 0) is 33.8 Å². The third-order valence-corrected chi connectivity index (χ3v) is 8.12. The van der Waals surface area contributed by atoms with Gasteiger partial charge in [-0.05, 0) is 47.6 Å². The zero-order valence-corrected chi connectivity index (χ0v) is 21.9. The molecule has 2 aromatic heterocycles. The summed E-state index contributed by atoms with van der Waals surface area (Å²) in [6.45, 7) is -0.431. The van der Waals surface area contributed by atoms with E-state index >= 15 is 0 Å². The van der Waals surface area contributed by atoms with E-state index in [1.165, 1.54) is 12.1 Å². The van der Waals surface area contributed by atoms with Crippen LogP contribution < -0.4 is 9.47 Å². The Labute approximate surface area is 226 Å². The van der Waals surface area contributed by atoms with Gasteiger partial charge in [-0.1, -0.05) is 6.07 Å². The molecule has 1 fully saturated rings. The van der Waals surface area contributed by atoms with E-state index in [4.69, 9.17) is 9.47 Å². The van der Waals surface area contributed by atoms with Gasteiger partial charge in [0.15, 0.2) is 0 Å². The van der Waals surface area contributed by atoms with Crippen LogP contribution in [0.2, 0.25) is 0 Å². The number of carboxylic acids is 1. The number of alkyl halides is 3. The van der Waals surface area contributed by atoms with E-state index in [2.05, 4.69) is 9.97 Å². The van der Waals surface area contributed by atoms with E-state index in [0.29, 0.717) is 6.42 Å². The van der Waals surface area contributed by atoms with Crippen LogP contribution in [0.5, 0.6) is 11.8 Å². The number of fused-ring (bicyclic) bond motifs is 3. The summed E-state index contributed by atoms with van der Waals surface area (Å²) < 4.78 is 89.6. The number of halogens is 4. The van der Waals surface area contributed by atoms with Gasteiger partial charge in [-0.2, -0.15) is 13.2 Å². The number of hydrogen-bond acceptors (Lipinski definition) is 7. The standard InChI is InChI=1S/C27H24F4N2O6S/c1-40(36,37)6-2-5-38-23-10-20(27(29,30)31)18(11-32-23)14-3-4-21(28)16(7-14)13-39-22-9-15-8-17-24(19(15)12-33-22)25(17)26(34)35/h3-4,7,9-12,17,24-25H,2,5-6,8,13H2,1H3,(H,34,35)/t17-,24?,25+/m1/s1. The number of sulfone groups is 1. The second-order valence-corrected chi connectivity index (χ2v) is 12.2. The van der Waals surface area contributed by atoms with Crippen LogP contribution in [0.3, 0.4) is 0 Å². The van der Waals surface area contributed by atoms with Crippen LogP contribution in [0.4, 0.5) is 17.6 Å². The highest BCUT2D eigenvalue weighted by Gasteiger charge is 2.59. The second-order valence-electron chi connectivity index (χ2n) is 9.97. The van der Waals surface area contributed by atoms with Crippen molar-refractivity contribution in [3.05, 3.63) is 70.8 Å². The van der Waals surface area contributed by atoms with Crippen molar-refractivity contribution >= 4 is 15.8 Å². The Morgan fingerprint density at radius 3 is 2.52 bits per heavy atom. The Morgan fingerprint density at radius 1 is 1.10 bits per heavy atom. The number of rotatable bonds is 10. The molecule has 1 aromatic carbocycles. The lowest BCUT2D eigenvalue weighted by Crippen LogP contribution is -2.11. The fourth-order valence-electron chi connectivity index (χ4n) is 5.17. The molecule has 3 atom stereocenters. The SMILES string of the molecule is CS(=O)(=O)CCCOc1cc(C(F)(F)F)c(-c2ccc(F)c(COc3cc4c(cn3)C3[C@@H](C4)[C@@H]3C(=O)O)c2)cn1. The zero-order valence-electron chi connectivity index (χ0n) is 21.1. The molecule has 2 aliphatic rings. The minimum Gasteiger partial charge on any atom is -0.481 e. The van der Waals surface area contributed by atoms with E-state index in [1.807, 2.05) is 0 Å². The summed E-state index contributed by atoms with van der Waals surface area (Å²) in [5, 5.41) is 9.25. The average Bonchev–Trinajstić information content (AvgIpc) is 3.47. The van der Waals surface area contributed by atoms with E-state index in [-0.39, 0.29) is 65.7 Å². The van der Waals surface area contributed by atoms with Crippen LogP contribution >= 0.6 is 0 Å². The first-order chi connectivity index (χ1) is 18.8. The van der Waals surface area contributed by atoms with Crippen molar-refractivity contribution in [2.75, 3.05) is 18.6 Å². The minimum absolute atomic E-state index is 0.00260. The van der Waals surface area contributed by atoms with E-state index < -0.39 is 39.3 Å². The first-order valence-electron chi connectivity index (χ1n) is 12.3. The molecule has 2 heterocycles. The maximum atomic E-state index is 14.6. The summed E-state index contributed by atoms with van der Waals surface area (Å²) in [5.74, 6) is -2.20. The Hall–Kier alpha value is -3.74. The lowest BCUT2D eigenvalue weighted by atomic mass is 9.99. The minimum atomic E-state index is -4.77.